The van der Waals surface area contributed by atoms with Crippen LogP contribution in [0.4, 0.5) is 0 Å². The SMILES string of the molecule is c1ccc(-c2nc(-c3cccc(-n4c5ccc6ccccc6c5c5c6ccccc6ccc54)c3)nc(-c3ccc4c(c3)c3ccccc3n4-c3ccccc3)n2)cc1. The second-order valence-corrected chi connectivity index (χ2v) is 14.8. The van der Waals surface area contributed by atoms with Gasteiger partial charge in [-0.3, -0.25) is 0 Å². The first-order valence-corrected chi connectivity index (χ1v) is 19.6. The summed E-state index contributed by atoms with van der Waals surface area (Å²) in [5.41, 5.74) is 9.56. The molecule has 0 aliphatic rings. The molecule has 0 aliphatic carbocycles. The van der Waals surface area contributed by atoms with E-state index in [1.807, 2.05) is 18.2 Å². The molecule has 5 heteroatoms. The molecule has 3 heterocycles. The number of benzene rings is 9. The molecule has 0 atom stereocenters. The van der Waals surface area contributed by atoms with Crippen LogP contribution in [0.3, 0.4) is 0 Å². The van der Waals surface area contributed by atoms with Crippen molar-refractivity contribution in [2.75, 3.05) is 0 Å². The predicted octanol–water partition coefficient (Wildman–Crippen LogP) is 13.4. The number of hydrogen-bond donors (Lipinski definition) is 0. The Bertz CT molecular complexity index is 3470. The van der Waals surface area contributed by atoms with Gasteiger partial charge >= 0.3 is 0 Å². The minimum atomic E-state index is 0.620. The quantitative estimate of drug-likeness (QED) is 0.177. The molecule has 0 saturated carbocycles. The smallest absolute Gasteiger partial charge is 0.164 e. The minimum Gasteiger partial charge on any atom is -0.309 e. The predicted molar refractivity (Wildman–Crippen MR) is 240 cm³/mol. The highest BCUT2D eigenvalue weighted by Gasteiger charge is 2.20. The van der Waals surface area contributed by atoms with Gasteiger partial charge in [0.05, 0.1) is 22.1 Å². The number of para-hydroxylation sites is 2. The first-order chi connectivity index (χ1) is 28.8. The van der Waals surface area contributed by atoms with Crippen LogP contribution in [0.15, 0.2) is 200 Å². The van der Waals surface area contributed by atoms with Crippen LogP contribution in [-0.4, -0.2) is 24.1 Å². The van der Waals surface area contributed by atoms with Crippen LogP contribution in [0.1, 0.15) is 0 Å². The molecule has 3 aromatic heterocycles. The molecule has 270 valence electrons. The van der Waals surface area contributed by atoms with Gasteiger partial charge in [-0.05, 0) is 82.2 Å². The van der Waals surface area contributed by atoms with Gasteiger partial charge in [-0.1, -0.05) is 140 Å². The zero-order chi connectivity index (χ0) is 38.2. The third kappa shape index (κ3) is 5.00. The summed E-state index contributed by atoms with van der Waals surface area (Å²) in [5, 5.41) is 9.79. The number of fused-ring (bicyclic) bond motifs is 10. The van der Waals surface area contributed by atoms with Crippen molar-refractivity contribution in [2.45, 2.75) is 0 Å². The maximum Gasteiger partial charge on any atom is 0.164 e. The van der Waals surface area contributed by atoms with Crippen molar-refractivity contribution in [2.24, 2.45) is 0 Å². The van der Waals surface area contributed by atoms with Crippen LogP contribution in [-0.2, 0) is 0 Å². The Balaban J connectivity index is 1.07. The summed E-state index contributed by atoms with van der Waals surface area (Å²) < 4.78 is 4.72. The average Bonchev–Trinajstić information content (AvgIpc) is 3.83. The maximum absolute atomic E-state index is 5.24. The number of hydrogen-bond acceptors (Lipinski definition) is 3. The summed E-state index contributed by atoms with van der Waals surface area (Å²) in [7, 11) is 0. The highest BCUT2D eigenvalue weighted by molar-refractivity contribution is 6.28. The molecule has 58 heavy (non-hydrogen) atoms. The molecule has 0 bridgehead atoms. The lowest BCUT2D eigenvalue weighted by molar-refractivity contribution is 1.07. The third-order valence-corrected chi connectivity index (χ3v) is 11.5. The fourth-order valence-corrected chi connectivity index (χ4v) is 8.93. The van der Waals surface area contributed by atoms with Gasteiger partial charge in [0.25, 0.3) is 0 Å². The van der Waals surface area contributed by atoms with E-state index in [1.165, 1.54) is 37.7 Å². The summed E-state index contributed by atoms with van der Waals surface area (Å²) in [4.78, 5) is 15.5. The Hall–Kier alpha value is -7.89. The van der Waals surface area contributed by atoms with Crippen molar-refractivity contribution in [3.8, 4) is 45.5 Å². The molecule has 0 unspecified atom stereocenters. The van der Waals surface area contributed by atoms with Gasteiger partial charge < -0.3 is 9.13 Å². The van der Waals surface area contributed by atoms with Crippen LogP contribution >= 0.6 is 0 Å². The van der Waals surface area contributed by atoms with Crippen LogP contribution in [0.2, 0.25) is 0 Å². The van der Waals surface area contributed by atoms with Crippen LogP contribution in [0.5, 0.6) is 0 Å². The van der Waals surface area contributed by atoms with E-state index < -0.39 is 0 Å². The fraction of sp³-hybridized carbons (Fsp3) is 0. The largest absolute Gasteiger partial charge is 0.309 e. The van der Waals surface area contributed by atoms with Gasteiger partial charge in [0, 0.05) is 49.6 Å². The fourth-order valence-electron chi connectivity index (χ4n) is 8.93. The van der Waals surface area contributed by atoms with E-state index in [1.54, 1.807) is 0 Å². The zero-order valence-electron chi connectivity index (χ0n) is 31.3. The Kier molecular flexibility index (Phi) is 7.16. The molecule has 0 aliphatic heterocycles. The van der Waals surface area contributed by atoms with Crippen molar-refractivity contribution in [1.29, 1.82) is 0 Å². The van der Waals surface area contributed by atoms with Crippen molar-refractivity contribution >= 4 is 65.2 Å². The van der Waals surface area contributed by atoms with Crippen LogP contribution in [0.25, 0.3) is 111 Å². The highest BCUT2D eigenvalue weighted by Crippen LogP contribution is 2.41. The van der Waals surface area contributed by atoms with E-state index in [9.17, 15) is 0 Å². The molecule has 0 fully saturated rings. The Morgan fingerprint density at radius 3 is 1.41 bits per heavy atom. The monoisotopic (exact) mass is 739 g/mol. The van der Waals surface area contributed by atoms with Crippen molar-refractivity contribution in [1.82, 2.24) is 24.1 Å². The van der Waals surface area contributed by atoms with Gasteiger partial charge in [0.1, 0.15) is 0 Å². The number of rotatable bonds is 5. The van der Waals surface area contributed by atoms with Crippen molar-refractivity contribution < 1.29 is 0 Å². The van der Waals surface area contributed by atoms with Crippen LogP contribution in [0, 0.1) is 0 Å². The first-order valence-electron chi connectivity index (χ1n) is 19.6. The molecular weight excluding hydrogens is 707 g/mol. The molecule has 0 N–H and O–H groups in total. The molecule has 5 nitrogen and oxygen atoms in total. The first kappa shape index (κ1) is 32.4. The van der Waals surface area contributed by atoms with Gasteiger partial charge in [-0.25, -0.2) is 15.0 Å². The van der Waals surface area contributed by atoms with Gasteiger partial charge in [0.15, 0.2) is 17.5 Å². The van der Waals surface area contributed by atoms with E-state index in [2.05, 4.69) is 191 Å². The lowest BCUT2D eigenvalue weighted by Gasteiger charge is -2.12. The van der Waals surface area contributed by atoms with Crippen molar-refractivity contribution in [3.05, 3.63) is 200 Å². The van der Waals surface area contributed by atoms with E-state index in [4.69, 9.17) is 15.0 Å². The summed E-state index contributed by atoms with van der Waals surface area (Å²) >= 11 is 0. The molecule has 9 aromatic carbocycles. The molecule has 0 amide bonds. The molecule has 0 radical (unpaired) electrons. The van der Waals surface area contributed by atoms with Crippen LogP contribution < -0.4 is 0 Å². The molecule has 0 spiro atoms. The summed E-state index contributed by atoms with van der Waals surface area (Å²) in [6.45, 7) is 0. The Labute approximate surface area is 333 Å². The molecule has 0 saturated heterocycles. The number of nitrogens with zero attached hydrogens (tertiary/aromatic N) is 5. The lowest BCUT2D eigenvalue weighted by atomic mass is 10.00. The molecule has 12 rings (SSSR count). The third-order valence-electron chi connectivity index (χ3n) is 11.5. The summed E-state index contributed by atoms with van der Waals surface area (Å²) in [6.07, 6.45) is 0. The summed E-state index contributed by atoms with van der Waals surface area (Å²) in [6, 6.07) is 70.9. The molecular formula is C53H33N5. The minimum absolute atomic E-state index is 0.620. The highest BCUT2D eigenvalue weighted by atomic mass is 15.0. The zero-order valence-corrected chi connectivity index (χ0v) is 31.3. The van der Waals surface area contributed by atoms with Gasteiger partial charge in [0.2, 0.25) is 0 Å². The van der Waals surface area contributed by atoms with Gasteiger partial charge in [-0.15, -0.1) is 0 Å². The van der Waals surface area contributed by atoms with Crippen molar-refractivity contribution in [3.63, 3.8) is 0 Å². The standard InChI is InChI=1S/C53H33N5/c1-3-16-36(17-4-1)51-54-52(56-53(55-51)38-28-29-46-44(33-38)43-24-11-12-25-45(43)57(46)39-19-5-2-6-20-39)37-18-13-21-40(32-37)58-47-30-26-34-14-7-9-22-41(34)49(47)50-42-23-10-8-15-35(42)27-31-48(50)58/h1-33H. The maximum atomic E-state index is 5.24. The second-order valence-electron chi connectivity index (χ2n) is 14.8. The van der Waals surface area contributed by atoms with Gasteiger partial charge in [-0.2, -0.15) is 0 Å². The Morgan fingerprint density at radius 1 is 0.276 bits per heavy atom. The van der Waals surface area contributed by atoms with E-state index in [-0.39, 0.29) is 0 Å². The Morgan fingerprint density at radius 2 is 0.741 bits per heavy atom. The lowest BCUT2D eigenvalue weighted by Crippen LogP contribution is -2.01. The summed E-state index contributed by atoms with van der Waals surface area (Å²) in [5.74, 6) is 1.88. The van der Waals surface area contributed by atoms with E-state index >= 15 is 0 Å². The molecule has 12 aromatic rings. The number of aromatic nitrogens is 5. The normalized spacial score (nSPS) is 11.8. The van der Waals surface area contributed by atoms with E-state index in [0.717, 1.165) is 55.5 Å². The average molecular weight is 740 g/mol. The second kappa shape index (κ2) is 12.8. The van der Waals surface area contributed by atoms with E-state index in [0.29, 0.717) is 17.5 Å². The topological polar surface area (TPSA) is 48.5 Å².